The quantitative estimate of drug-likeness (QED) is 0.120. The van der Waals surface area contributed by atoms with Crippen molar-refractivity contribution >= 4 is 38.1 Å². The van der Waals surface area contributed by atoms with Crippen LogP contribution >= 0.6 is 0 Å². The van der Waals surface area contributed by atoms with E-state index in [9.17, 15) is 13.4 Å². The maximum atomic E-state index is 15.1. The van der Waals surface area contributed by atoms with Gasteiger partial charge in [0.2, 0.25) is 0 Å². The van der Waals surface area contributed by atoms with Crippen LogP contribution in [0, 0.1) is 19.7 Å². The monoisotopic (exact) mass is 835 g/mol. The highest BCUT2D eigenvalue weighted by atomic mass is 32.2. The van der Waals surface area contributed by atoms with Crippen LogP contribution in [0.3, 0.4) is 0 Å². The topological polar surface area (TPSA) is 138 Å². The summed E-state index contributed by atoms with van der Waals surface area (Å²) in [4.78, 5) is 37.0. The van der Waals surface area contributed by atoms with Gasteiger partial charge in [-0.05, 0) is 124 Å². The molecule has 0 bridgehead atoms. The Morgan fingerprint density at radius 1 is 0.983 bits per heavy atom. The molecular weight excluding hydrogens is 782 g/mol. The van der Waals surface area contributed by atoms with Crippen LogP contribution in [0.4, 0.5) is 10.1 Å². The number of imidazole rings is 1. The molecule has 316 valence electrons. The highest BCUT2D eigenvalue weighted by Crippen LogP contribution is 2.34. The van der Waals surface area contributed by atoms with Crippen LogP contribution in [-0.4, -0.2) is 85.9 Å². The number of halogens is 1. The minimum absolute atomic E-state index is 0.00180. The number of rotatable bonds is 9. The van der Waals surface area contributed by atoms with Gasteiger partial charge in [-0.3, -0.25) is 13.9 Å². The number of benzene rings is 3. The van der Waals surface area contributed by atoms with Gasteiger partial charge >= 0.3 is 5.69 Å². The maximum absolute atomic E-state index is 15.1. The summed E-state index contributed by atoms with van der Waals surface area (Å²) in [5.41, 5.74) is 12.1. The van der Waals surface area contributed by atoms with E-state index in [4.69, 9.17) is 20.2 Å². The number of aryl methyl sites for hydroxylation is 2. The predicted octanol–water partition coefficient (Wildman–Crippen LogP) is 7.62. The third-order valence-corrected chi connectivity index (χ3v) is 14.8. The minimum atomic E-state index is -2.57. The van der Waals surface area contributed by atoms with Crippen molar-refractivity contribution in [2.45, 2.75) is 89.3 Å². The Morgan fingerprint density at radius 2 is 1.72 bits per heavy atom. The highest BCUT2D eigenvalue weighted by molar-refractivity contribution is 7.93. The molecular formula is C46H54FN7O5S. The number of fused-ring (bicyclic) bond motifs is 1. The Kier molecular flexibility index (Phi) is 11.7. The average Bonchev–Trinajstić information content (AvgIpc) is 4.01. The fourth-order valence-electron chi connectivity index (χ4n) is 9.00. The van der Waals surface area contributed by atoms with E-state index in [0.29, 0.717) is 82.1 Å². The first-order valence-electron chi connectivity index (χ1n) is 20.9. The molecule has 2 N–H and O–H groups in total. The number of aliphatic imine (C=N–C) groups is 1. The summed E-state index contributed by atoms with van der Waals surface area (Å²) in [5.74, 6) is 0.522. The van der Waals surface area contributed by atoms with Gasteiger partial charge < -0.3 is 24.7 Å². The molecule has 3 aromatic carbocycles. The van der Waals surface area contributed by atoms with Crippen LogP contribution in [0.2, 0.25) is 0 Å². The van der Waals surface area contributed by atoms with Crippen molar-refractivity contribution in [2.75, 3.05) is 39.2 Å². The smallest absolute Gasteiger partial charge is 0.338 e. The molecule has 0 spiro atoms. The Morgan fingerprint density at radius 3 is 2.38 bits per heavy atom. The maximum Gasteiger partial charge on any atom is 0.338 e. The molecule has 2 fully saturated rings. The van der Waals surface area contributed by atoms with E-state index in [2.05, 4.69) is 27.1 Å². The van der Waals surface area contributed by atoms with Crippen molar-refractivity contribution in [3.05, 3.63) is 123 Å². The number of hydrogen-bond donors (Lipinski definition) is 1. The molecule has 60 heavy (non-hydrogen) atoms. The SMILES string of the molecule is CC[S@@](=O)(=NC)c1ccc(-n2ccn(C(=Nc3cc(C)c(F)c(C)c3)C3=C(N)CCN(C(=O)c4cc5cc(C6CCOCC6)ccc5n4CC4CCCO4)[C@H]3C)c2=O)cc1. The summed E-state index contributed by atoms with van der Waals surface area (Å²) in [7, 11) is -1.02. The first kappa shape index (κ1) is 41.4. The Balaban J connectivity index is 1.20. The predicted molar refractivity (Wildman–Crippen MR) is 234 cm³/mol. The van der Waals surface area contributed by atoms with Crippen molar-refractivity contribution < 1.29 is 22.9 Å². The first-order chi connectivity index (χ1) is 28.9. The number of ether oxygens (including phenoxy) is 2. The van der Waals surface area contributed by atoms with Crippen LogP contribution in [-0.2, 0) is 25.7 Å². The third-order valence-electron chi connectivity index (χ3n) is 12.4. The summed E-state index contributed by atoms with van der Waals surface area (Å²) < 4.78 is 49.0. The average molecular weight is 836 g/mol. The van der Waals surface area contributed by atoms with Crippen molar-refractivity contribution in [3.63, 3.8) is 0 Å². The Bertz CT molecular complexity index is 2670. The summed E-state index contributed by atoms with van der Waals surface area (Å²) in [5, 5.41) is 1.01. The molecule has 14 heteroatoms. The van der Waals surface area contributed by atoms with E-state index in [1.165, 1.54) is 14.7 Å². The second-order valence-corrected chi connectivity index (χ2v) is 18.8. The van der Waals surface area contributed by atoms with Crippen molar-refractivity contribution in [1.82, 2.24) is 18.6 Å². The van der Waals surface area contributed by atoms with Crippen LogP contribution in [0.25, 0.3) is 16.6 Å². The van der Waals surface area contributed by atoms with E-state index < -0.39 is 21.5 Å². The lowest BCUT2D eigenvalue weighted by atomic mass is 9.91. The van der Waals surface area contributed by atoms with Crippen LogP contribution < -0.4 is 11.4 Å². The van der Waals surface area contributed by atoms with Crippen LogP contribution in [0.1, 0.15) is 79.0 Å². The molecule has 3 atom stereocenters. The second-order valence-electron chi connectivity index (χ2n) is 16.1. The number of aromatic nitrogens is 3. The number of amides is 1. The van der Waals surface area contributed by atoms with Gasteiger partial charge in [0.1, 0.15) is 17.3 Å². The van der Waals surface area contributed by atoms with Crippen LogP contribution in [0.15, 0.2) is 103 Å². The molecule has 12 nitrogen and oxygen atoms in total. The van der Waals surface area contributed by atoms with Gasteiger partial charge in [-0.1, -0.05) is 13.0 Å². The Hall–Kier alpha value is -5.31. The van der Waals surface area contributed by atoms with Crippen molar-refractivity contribution in [3.8, 4) is 5.69 Å². The number of nitrogens with zero attached hydrogens (tertiary/aromatic N) is 6. The molecule has 5 aromatic rings. The lowest BCUT2D eigenvalue weighted by Crippen LogP contribution is -2.48. The van der Waals surface area contributed by atoms with Gasteiger partial charge in [0.05, 0.1) is 33.2 Å². The molecule has 3 aliphatic heterocycles. The molecule has 1 unspecified atom stereocenters. The van der Waals surface area contributed by atoms with E-state index in [0.717, 1.165) is 49.8 Å². The third kappa shape index (κ3) is 7.76. The van der Waals surface area contributed by atoms with Gasteiger partial charge in [0, 0.05) is 91.6 Å². The lowest BCUT2D eigenvalue weighted by Gasteiger charge is -2.36. The molecule has 2 aromatic heterocycles. The molecule has 2 saturated heterocycles. The van der Waals surface area contributed by atoms with Gasteiger partial charge in [-0.2, -0.15) is 0 Å². The van der Waals surface area contributed by atoms with Crippen molar-refractivity contribution in [1.29, 1.82) is 0 Å². The van der Waals surface area contributed by atoms with Crippen molar-refractivity contribution in [2.24, 2.45) is 15.1 Å². The fraction of sp³-hybridized carbons (Fsp3) is 0.413. The summed E-state index contributed by atoms with van der Waals surface area (Å²) in [6.45, 7) is 10.2. The zero-order chi connectivity index (χ0) is 42.3. The first-order valence-corrected chi connectivity index (χ1v) is 22.6. The normalized spacial score (nSPS) is 20.2. The molecule has 8 rings (SSSR count). The second kappa shape index (κ2) is 17.0. The number of carbonyl (C=O) groups excluding carboxylic acids is 1. The highest BCUT2D eigenvalue weighted by Gasteiger charge is 2.36. The van der Waals surface area contributed by atoms with E-state index in [-0.39, 0.29) is 23.7 Å². The number of nitrogens with two attached hydrogens (primary N) is 1. The summed E-state index contributed by atoms with van der Waals surface area (Å²) >= 11 is 0. The largest absolute Gasteiger partial charge is 0.402 e. The zero-order valence-corrected chi connectivity index (χ0v) is 35.8. The molecule has 1 amide bonds. The Labute approximate surface area is 350 Å². The van der Waals surface area contributed by atoms with Gasteiger partial charge in [0.15, 0.2) is 0 Å². The molecule has 5 heterocycles. The lowest BCUT2D eigenvalue weighted by molar-refractivity contribution is 0.0686. The van der Waals surface area contributed by atoms with E-state index >= 15 is 4.79 Å². The molecule has 0 aliphatic carbocycles. The fourth-order valence-corrected chi connectivity index (χ4v) is 10.4. The zero-order valence-electron chi connectivity index (χ0n) is 35.0. The molecule has 3 aliphatic rings. The van der Waals surface area contributed by atoms with Gasteiger partial charge in [0.25, 0.3) is 5.91 Å². The molecule has 0 radical (unpaired) electrons. The van der Waals surface area contributed by atoms with Gasteiger partial charge in [-0.25, -0.2) is 22.7 Å². The summed E-state index contributed by atoms with van der Waals surface area (Å²) in [6, 6.07) is 18.2. The molecule has 0 saturated carbocycles. The standard InChI is InChI=1S/C46H54FN7O5S/c1-6-60(57,49-5)38-12-10-36(11-13-38)52-19-20-53(46(52)56)44(50-35-24-29(2)43(47)30(3)25-35)42-31(4)51(18-15-39(42)48)45(55)41-27-34-26-33(32-16-22-58-23-17-32)9-14-40(34)54(41)28-37-8-7-21-59-37/h9-14,19-20,24-27,31-32,37H,6-8,15-18,21-23,28,48H2,1-5H3/t31-,37?,60-/m0/s1. The number of carbonyl (C=O) groups is 1. The van der Waals surface area contributed by atoms with E-state index in [1.807, 2.05) is 24.8 Å². The summed E-state index contributed by atoms with van der Waals surface area (Å²) in [6.07, 6.45) is 7.44. The van der Waals surface area contributed by atoms with Gasteiger partial charge in [-0.15, -0.1) is 0 Å². The van der Waals surface area contributed by atoms with E-state index in [1.54, 1.807) is 69.7 Å². The number of hydrogen-bond acceptors (Lipinski definition) is 8. The van der Waals surface area contributed by atoms with Crippen LogP contribution in [0.5, 0.6) is 0 Å². The minimum Gasteiger partial charge on any atom is -0.402 e.